The van der Waals surface area contributed by atoms with Crippen molar-refractivity contribution < 1.29 is 0 Å². The Morgan fingerprint density at radius 3 is 3.00 bits per heavy atom. The van der Waals surface area contributed by atoms with Crippen LogP contribution in [-0.2, 0) is 0 Å². The molecule has 0 N–H and O–H groups in total. The second kappa shape index (κ2) is 3.89. The normalized spacial score (nSPS) is 10.9. The van der Waals surface area contributed by atoms with Crippen molar-refractivity contribution in [2.45, 2.75) is 4.72 Å². The van der Waals surface area contributed by atoms with E-state index >= 15 is 0 Å². The Hall–Kier alpha value is -0.0357. The van der Waals surface area contributed by atoms with Crippen LogP contribution in [0.2, 0.25) is 4.72 Å². The maximum absolute atomic E-state index is 4.23. The predicted octanol–water partition coefficient (Wildman–Crippen LogP) is -0.580. The molecular formula is C6H8LiNSi. The minimum absolute atomic E-state index is 0.0121. The summed E-state index contributed by atoms with van der Waals surface area (Å²) in [5.41, 5.74) is 0. The molecule has 0 amide bonds. The molecule has 0 aliphatic carbocycles. The molecule has 0 bridgehead atoms. The summed E-state index contributed by atoms with van der Waals surface area (Å²) in [6, 6.07) is 6.15. The zero-order valence-corrected chi connectivity index (χ0v) is 7.09. The molecule has 0 aliphatic heterocycles. The molecule has 0 saturated heterocycles. The van der Waals surface area contributed by atoms with Crippen molar-refractivity contribution in [2.75, 3.05) is 0 Å². The first-order valence-corrected chi connectivity index (χ1v) is 5.04. The molecule has 3 heteroatoms. The standard InChI is InChI=1S/C6H8NSi.Li/c1-8-6-4-2-3-5-7-6;/h2-5H,1,8H2;. The molecule has 1 nitrogen and oxygen atoms in total. The molecule has 1 aromatic rings. The third-order valence-corrected chi connectivity index (χ3v) is 2.66. The summed E-state index contributed by atoms with van der Waals surface area (Å²) in [5.74, 6) is 0. The fourth-order valence-corrected chi connectivity index (χ4v) is 1.85. The van der Waals surface area contributed by atoms with Gasteiger partial charge >= 0.3 is 66.6 Å². The molecule has 0 saturated carbocycles. The van der Waals surface area contributed by atoms with Gasteiger partial charge in [-0.2, -0.15) is 0 Å². The van der Waals surface area contributed by atoms with Crippen LogP contribution in [0.3, 0.4) is 0 Å². The molecule has 0 radical (unpaired) electrons. The van der Waals surface area contributed by atoms with E-state index in [0.717, 1.165) is 0 Å². The zero-order valence-electron chi connectivity index (χ0n) is 5.67. The van der Waals surface area contributed by atoms with Crippen LogP contribution in [0.1, 0.15) is 0 Å². The van der Waals surface area contributed by atoms with Crippen molar-refractivity contribution in [1.82, 2.24) is 4.98 Å². The van der Waals surface area contributed by atoms with Crippen molar-refractivity contribution in [3.8, 4) is 0 Å². The van der Waals surface area contributed by atoms with E-state index in [2.05, 4.69) is 34.8 Å². The number of hydrogen-bond donors (Lipinski definition) is 0. The Morgan fingerprint density at radius 1 is 1.56 bits per heavy atom. The summed E-state index contributed by atoms with van der Waals surface area (Å²) >= 11 is 2.22. The molecule has 1 rings (SSSR count). The van der Waals surface area contributed by atoms with Gasteiger partial charge in [-0.25, -0.2) is 0 Å². The summed E-state index contributed by atoms with van der Waals surface area (Å²) in [4.78, 5) is 4.23. The molecule has 0 fully saturated rings. The van der Waals surface area contributed by atoms with Gasteiger partial charge in [-0.15, -0.1) is 0 Å². The third kappa shape index (κ3) is 2.36. The molecule has 0 unspecified atom stereocenters. The molecule has 1 heterocycles. The van der Waals surface area contributed by atoms with Gasteiger partial charge in [0.15, 0.2) is 0 Å². The van der Waals surface area contributed by atoms with Crippen LogP contribution < -0.4 is 5.32 Å². The Morgan fingerprint density at radius 2 is 2.44 bits per heavy atom. The van der Waals surface area contributed by atoms with Crippen molar-refractivity contribution in [3.63, 3.8) is 0 Å². The van der Waals surface area contributed by atoms with Crippen LogP contribution in [-0.4, -0.2) is 32.2 Å². The first-order valence-electron chi connectivity index (χ1n) is 3.33. The minimum atomic E-state index is -0.0121. The second-order valence-corrected chi connectivity index (χ2v) is 4.30. The van der Waals surface area contributed by atoms with E-state index in [-0.39, 0.29) is 9.52 Å². The van der Waals surface area contributed by atoms with Crippen LogP contribution in [0.5, 0.6) is 0 Å². The van der Waals surface area contributed by atoms with E-state index < -0.39 is 0 Å². The SMILES string of the molecule is [Li][CH2][SiH2]c1ccccn1. The molecule has 9 heavy (non-hydrogen) atoms. The first kappa shape index (κ1) is 7.08. The second-order valence-electron chi connectivity index (χ2n) is 2.07. The van der Waals surface area contributed by atoms with Gasteiger partial charge in [-0.05, 0) is 0 Å². The maximum atomic E-state index is 4.23. The topological polar surface area (TPSA) is 12.9 Å². The van der Waals surface area contributed by atoms with Crippen molar-refractivity contribution in [1.29, 1.82) is 0 Å². The fourth-order valence-electron chi connectivity index (χ4n) is 0.802. The molecule has 0 aromatic carbocycles. The van der Waals surface area contributed by atoms with Crippen molar-refractivity contribution >= 4 is 32.6 Å². The Labute approximate surface area is 66.9 Å². The zero-order chi connectivity index (χ0) is 6.53. The van der Waals surface area contributed by atoms with E-state index in [1.54, 1.807) is 0 Å². The van der Waals surface area contributed by atoms with Gasteiger partial charge < -0.3 is 0 Å². The van der Waals surface area contributed by atoms with Crippen molar-refractivity contribution in [2.24, 2.45) is 0 Å². The van der Waals surface area contributed by atoms with E-state index in [1.807, 2.05) is 12.3 Å². The summed E-state index contributed by atoms with van der Waals surface area (Å²) in [5, 5.41) is 1.33. The number of pyridine rings is 1. The monoisotopic (exact) mass is 129 g/mol. The number of aromatic nitrogens is 1. The molecule has 42 valence electrons. The van der Waals surface area contributed by atoms with Crippen LogP contribution in [0.25, 0.3) is 0 Å². The quantitative estimate of drug-likeness (QED) is 0.487. The average Bonchev–Trinajstić information content (AvgIpc) is 1.91. The van der Waals surface area contributed by atoms with Gasteiger partial charge in [0.05, 0.1) is 0 Å². The van der Waals surface area contributed by atoms with Crippen LogP contribution in [0.4, 0.5) is 0 Å². The number of nitrogens with zero attached hydrogens (tertiary/aromatic N) is 1. The summed E-state index contributed by atoms with van der Waals surface area (Å²) in [6.45, 7) is 0. The number of rotatable bonds is 2. The average molecular weight is 129 g/mol. The summed E-state index contributed by atoms with van der Waals surface area (Å²) < 4.78 is 1.32. The van der Waals surface area contributed by atoms with Gasteiger partial charge in [-0.1, -0.05) is 0 Å². The molecule has 1 aromatic heterocycles. The van der Waals surface area contributed by atoms with E-state index in [0.29, 0.717) is 0 Å². The van der Waals surface area contributed by atoms with Gasteiger partial charge in [0.25, 0.3) is 0 Å². The summed E-state index contributed by atoms with van der Waals surface area (Å²) in [7, 11) is -0.0121. The molecule has 0 spiro atoms. The Kier molecular flexibility index (Phi) is 3.06. The predicted molar refractivity (Wildman–Crippen MR) is 43.0 cm³/mol. The van der Waals surface area contributed by atoms with Gasteiger partial charge in [-0.3, -0.25) is 0 Å². The Balaban J connectivity index is 2.61. The number of hydrogen-bond acceptors (Lipinski definition) is 1. The van der Waals surface area contributed by atoms with E-state index in [4.69, 9.17) is 0 Å². The Bertz CT molecular complexity index is 166. The van der Waals surface area contributed by atoms with Gasteiger partial charge in [0.2, 0.25) is 0 Å². The van der Waals surface area contributed by atoms with Gasteiger partial charge in [0, 0.05) is 0 Å². The fraction of sp³-hybridized carbons (Fsp3) is 0.167. The molecule has 0 aliphatic rings. The van der Waals surface area contributed by atoms with Crippen molar-refractivity contribution in [3.05, 3.63) is 24.4 Å². The van der Waals surface area contributed by atoms with Crippen LogP contribution in [0, 0.1) is 0 Å². The van der Waals surface area contributed by atoms with Gasteiger partial charge in [0.1, 0.15) is 0 Å². The summed E-state index contributed by atoms with van der Waals surface area (Å²) in [6.07, 6.45) is 1.87. The first-order chi connectivity index (χ1) is 4.43. The third-order valence-electron chi connectivity index (χ3n) is 1.23. The molecular weight excluding hydrogens is 121 g/mol. The van der Waals surface area contributed by atoms with Crippen LogP contribution in [0.15, 0.2) is 24.4 Å². The van der Waals surface area contributed by atoms with Crippen LogP contribution >= 0.6 is 0 Å². The van der Waals surface area contributed by atoms with E-state index in [9.17, 15) is 0 Å². The molecule has 0 atom stereocenters. The van der Waals surface area contributed by atoms with E-state index in [1.165, 1.54) is 10.0 Å².